The summed E-state index contributed by atoms with van der Waals surface area (Å²) in [5.41, 5.74) is 7.12. The molecule has 0 bridgehead atoms. The van der Waals surface area contributed by atoms with Crippen molar-refractivity contribution in [1.29, 1.82) is 0 Å². The summed E-state index contributed by atoms with van der Waals surface area (Å²) in [5.74, 6) is 0. The van der Waals surface area contributed by atoms with E-state index in [1.54, 1.807) is 12.3 Å². The van der Waals surface area contributed by atoms with E-state index >= 15 is 0 Å². The summed E-state index contributed by atoms with van der Waals surface area (Å²) in [6, 6.07) is 10.5. The quantitative estimate of drug-likeness (QED) is 0.321. The standard InChI is InChI=1S/C23H26NO.Ni.2Pr/c1-16(18-7-8-19(15-25)24-14-18)12-17-6-9-20-21(13-17)23(4,5)11-10-22(20,2)3;;;/h6-9,12-14H,10-11H2,1-5H3;;;/q-1;;;/b16-12+;;;. The fraction of sp³-hybridized carbons (Fsp3) is 0.391. The largest absolute Gasteiger partial charge is 0.417 e. The number of nitrogens with zero attached hydrogens (tertiary/aromatic N) is 1. The minimum atomic E-state index is 0. The molecule has 0 saturated heterocycles. The van der Waals surface area contributed by atoms with E-state index in [4.69, 9.17) is 0 Å². The van der Waals surface area contributed by atoms with Crippen LogP contribution in [0.5, 0.6) is 0 Å². The molecule has 2 aromatic rings. The summed E-state index contributed by atoms with van der Waals surface area (Å²) >= 11 is 0. The van der Waals surface area contributed by atoms with Gasteiger partial charge in [-0.15, -0.1) is 6.07 Å². The maximum Gasteiger partial charge on any atom is 0.0298 e. The van der Waals surface area contributed by atoms with Gasteiger partial charge in [-0.05, 0) is 58.4 Å². The van der Waals surface area contributed by atoms with Gasteiger partial charge in [-0.3, -0.25) is 4.98 Å². The van der Waals surface area contributed by atoms with Gasteiger partial charge >= 0.3 is 0 Å². The molecule has 28 heavy (non-hydrogen) atoms. The van der Waals surface area contributed by atoms with Crippen LogP contribution in [0, 0.1) is 82.6 Å². The zero-order chi connectivity index (χ0) is 18.2. The molecule has 1 heterocycles. The normalized spacial score (nSPS) is 16.5. The second-order valence-electron chi connectivity index (χ2n) is 8.43. The van der Waals surface area contributed by atoms with Crippen LogP contribution in [0.25, 0.3) is 11.6 Å². The average Bonchev–Trinajstić information content (AvgIpc) is 2.59. The van der Waals surface area contributed by atoms with Crippen molar-refractivity contribution >= 4 is 17.9 Å². The van der Waals surface area contributed by atoms with Crippen molar-refractivity contribution in [3.05, 3.63) is 64.5 Å². The third kappa shape index (κ3) is 6.50. The molecule has 0 unspecified atom stereocenters. The Hall–Kier alpha value is 1.00. The van der Waals surface area contributed by atoms with E-state index in [1.807, 2.05) is 12.4 Å². The molecular formula is C23H26NNiOPr2-. The fourth-order valence-electron chi connectivity index (χ4n) is 3.72. The zero-order valence-electron chi connectivity index (χ0n) is 17.3. The van der Waals surface area contributed by atoms with Crippen molar-refractivity contribution < 1.29 is 104 Å². The second kappa shape index (κ2) is 11.6. The molecule has 2 nitrogen and oxygen atoms in total. The first-order chi connectivity index (χ1) is 11.7. The van der Waals surface area contributed by atoms with E-state index in [-0.39, 0.29) is 110 Å². The van der Waals surface area contributed by atoms with E-state index in [0.29, 0.717) is 5.69 Å². The molecule has 5 heteroatoms. The van der Waals surface area contributed by atoms with E-state index in [9.17, 15) is 4.79 Å². The number of rotatable bonds is 3. The maximum absolute atomic E-state index is 10.6. The van der Waals surface area contributed by atoms with Crippen LogP contribution in [0.2, 0.25) is 0 Å². The van der Waals surface area contributed by atoms with Crippen molar-refractivity contribution in [1.82, 2.24) is 4.98 Å². The van der Waals surface area contributed by atoms with Gasteiger partial charge in [0.25, 0.3) is 0 Å². The molecule has 1 aliphatic carbocycles. The Labute approximate surface area is 246 Å². The van der Waals surface area contributed by atoms with Gasteiger partial charge in [0.15, 0.2) is 0 Å². The van der Waals surface area contributed by atoms with Crippen LogP contribution in [0.15, 0.2) is 36.5 Å². The summed E-state index contributed by atoms with van der Waals surface area (Å²) in [7, 11) is 0. The Morgan fingerprint density at radius 1 is 1.00 bits per heavy atom. The maximum atomic E-state index is 10.6. The summed E-state index contributed by atoms with van der Waals surface area (Å²) < 4.78 is 0. The SMILES string of the molecule is C/C(=C\c1ccc2c(c1)C(C)(C)CCC2(C)C)c1ccc([C-]=O)nc1.[Ni].[Pr].[Pr]. The minimum Gasteiger partial charge on any atom is -0.417 e. The topological polar surface area (TPSA) is 30.0 Å². The fourth-order valence-corrected chi connectivity index (χ4v) is 3.72. The van der Waals surface area contributed by atoms with Crippen LogP contribution in [0.1, 0.15) is 75.4 Å². The molecule has 1 aromatic heterocycles. The van der Waals surface area contributed by atoms with Gasteiger partial charge in [0.1, 0.15) is 0 Å². The zero-order valence-corrected chi connectivity index (χ0v) is 25.7. The van der Waals surface area contributed by atoms with Gasteiger partial charge in [0.05, 0.1) is 0 Å². The van der Waals surface area contributed by atoms with E-state index in [2.05, 4.69) is 63.9 Å². The minimum absolute atomic E-state index is 0. The number of aromatic nitrogens is 1. The van der Waals surface area contributed by atoms with Crippen LogP contribution in [0.4, 0.5) is 0 Å². The first kappa shape index (κ1) is 29.0. The molecule has 2 radical (unpaired) electrons. The predicted molar refractivity (Wildman–Crippen MR) is 104 cm³/mol. The molecule has 0 atom stereocenters. The molecule has 0 amide bonds. The molecule has 1 aromatic carbocycles. The number of carbonyl (C=O) groups excluding carboxylic acids is 1. The van der Waals surface area contributed by atoms with Gasteiger partial charge in [0, 0.05) is 112 Å². The average molecular weight is 673 g/mol. The van der Waals surface area contributed by atoms with Gasteiger partial charge in [-0.1, -0.05) is 57.7 Å². The van der Waals surface area contributed by atoms with Crippen molar-refractivity contribution in [2.24, 2.45) is 0 Å². The van der Waals surface area contributed by atoms with Gasteiger partial charge in [0.2, 0.25) is 0 Å². The number of fused-ring (bicyclic) bond motifs is 1. The summed E-state index contributed by atoms with van der Waals surface area (Å²) in [5, 5.41) is 0. The Kier molecular flexibility index (Phi) is 12.0. The van der Waals surface area contributed by atoms with Crippen LogP contribution in [0.3, 0.4) is 0 Å². The molecule has 146 valence electrons. The van der Waals surface area contributed by atoms with Crippen LogP contribution in [-0.2, 0) is 32.1 Å². The smallest absolute Gasteiger partial charge is 0.0298 e. The summed E-state index contributed by atoms with van der Waals surface area (Å²) in [4.78, 5) is 14.7. The number of benzene rings is 1. The molecule has 3 rings (SSSR count). The molecule has 0 aliphatic heterocycles. The third-order valence-electron chi connectivity index (χ3n) is 5.58. The van der Waals surface area contributed by atoms with Crippen molar-refractivity contribution in [3.8, 4) is 0 Å². The molecule has 0 fully saturated rings. The van der Waals surface area contributed by atoms with Crippen LogP contribution >= 0.6 is 0 Å². The number of hydrogen-bond donors (Lipinski definition) is 0. The molecular weight excluding hydrogens is 647 g/mol. The van der Waals surface area contributed by atoms with Crippen LogP contribution < -0.4 is 0 Å². The van der Waals surface area contributed by atoms with Crippen molar-refractivity contribution in [3.63, 3.8) is 0 Å². The van der Waals surface area contributed by atoms with E-state index < -0.39 is 0 Å². The molecule has 0 saturated carbocycles. The predicted octanol–water partition coefficient (Wildman–Crippen LogP) is 5.45. The first-order valence-electron chi connectivity index (χ1n) is 8.91. The van der Waals surface area contributed by atoms with Crippen molar-refractivity contribution in [2.75, 3.05) is 0 Å². The Bertz CT molecular complexity index is 842. The van der Waals surface area contributed by atoms with E-state index in [0.717, 1.165) is 11.1 Å². The van der Waals surface area contributed by atoms with Gasteiger partial charge in [-0.25, -0.2) is 0 Å². The summed E-state index contributed by atoms with van der Waals surface area (Å²) in [6.07, 6.45) is 8.18. The summed E-state index contributed by atoms with van der Waals surface area (Å²) in [6.45, 7) is 11.5. The van der Waals surface area contributed by atoms with Crippen LogP contribution in [-0.4, -0.2) is 11.3 Å². The Balaban J connectivity index is 0.00000243. The second-order valence-corrected chi connectivity index (χ2v) is 8.43. The number of allylic oxidation sites excluding steroid dienone is 1. The van der Waals surface area contributed by atoms with Crippen molar-refractivity contribution in [2.45, 2.75) is 58.3 Å². The van der Waals surface area contributed by atoms with Gasteiger partial charge in [-0.2, -0.15) is 6.07 Å². The monoisotopic (exact) mass is 672 g/mol. The number of pyridine rings is 1. The molecule has 1 aliphatic rings. The first-order valence-corrected chi connectivity index (χ1v) is 8.91. The molecule has 0 spiro atoms. The Morgan fingerprint density at radius 2 is 1.61 bits per heavy atom. The van der Waals surface area contributed by atoms with E-state index in [1.165, 1.54) is 29.5 Å². The third-order valence-corrected chi connectivity index (χ3v) is 5.58. The Morgan fingerprint density at radius 3 is 2.14 bits per heavy atom. The number of hydrogen-bond acceptors (Lipinski definition) is 2. The van der Waals surface area contributed by atoms with Gasteiger partial charge < -0.3 is 4.79 Å². The molecule has 0 N–H and O–H groups in total.